The fraction of sp³-hybridized carbons (Fsp3) is 0.571. The van der Waals surface area contributed by atoms with Crippen molar-refractivity contribution in [2.75, 3.05) is 32.0 Å². The van der Waals surface area contributed by atoms with Crippen molar-refractivity contribution in [2.45, 2.75) is 25.8 Å². The van der Waals surface area contributed by atoms with Crippen LogP contribution in [0.2, 0.25) is 0 Å². The van der Waals surface area contributed by atoms with Crippen molar-refractivity contribution in [3.05, 3.63) is 23.9 Å². The molecule has 0 aromatic carbocycles. The molecule has 0 spiro atoms. The van der Waals surface area contributed by atoms with Gasteiger partial charge in [-0.25, -0.2) is 4.98 Å². The predicted molar refractivity (Wildman–Crippen MR) is 76.4 cm³/mol. The van der Waals surface area contributed by atoms with Gasteiger partial charge in [0, 0.05) is 18.8 Å². The van der Waals surface area contributed by atoms with E-state index in [9.17, 15) is 4.79 Å². The number of hydrogen-bond donors (Lipinski definition) is 2. The number of rotatable bonds is 4. The molecule has 5 nitrogen and oxygen atoms in total. The molecule has 0 radical (unpaired) electrons. The zero-order chi connectivity index (χ0) is 13.7. The van der Waals surface area contributed by atoms with Crippen molar-refractivity contribution in [1.82, 2.24) is 15.2 Å². The second-order valence-corrected chi connectivity index (χ2v) is 5.01. The Kier molecular flexibility index (Phi) is 4.74. The summed E-state index contributed by atoms with van der Waals surface area (Å²) in [5.74, 6) is 0.781. The molecule has 1 saturated heterocycles. The molecule has 1 aromatic rings. The maximum atomic E-state index is 11.6. The Morgan fingerprint density at radius 3 is 2.74 bits per heavy atom. The first-order chi connectivity index (χ1) is 9.19. The number of amides is 1. The van der Waals surface area contributed by atoms with Crippen LogP contribution in [-0.4, -0.2) is 48.5 Å². The van der Waals surface area contributed by atoms with Crippen LogP contribution in [0.5, 0.6) is 0 Å². The van der Waals surface area contributed by atoms with Crippen LogP contribution in [-0.2, 0) is 0 Å². The van der Waals surface area contributed by atoms with E-state index in [-0.39, 0.29) is 5.91 Å². The van der Waals surface area contributed by atoms with Gasteiger partial charge in [0.05, 0.1) is 5.56 Å². The van der Waals surface area contributed by atoms with Gasteiger partial charge in [-0.15, -0.1) is 0 Å². The number of pyridine rings is 1. The average Bonchev–Trinajstić information content (AvgIpc) is 2.42. The van der Waals surface area contributed by atoms with Gasteiger partial charge in [0.2, 0.25) is 0 Å². The summed E-state index contributed by atoms with van der Waals surface area (Å²) in [5.41, 5.74) is 0.607. The predicted octanol–water partition coefficient (Wildman–Crippen LogP) is 1.34. The van der Waals surface area contributed by atoms with Crippen LogP contribution in [0, 0.1) is 0 Å². The molecule has 19 heavy (non-hydrogen) atoms. The fourth-order valence-corrected chi connectivity index (χ4v) is 2.24. The van der Waals surface area contributed by atoms with E-state index in [1.165, 1.54) is 0 Å². The number of nitrogens with zero attached hydrogens (tertiary/aromatic N) is 2. The fourth-order valence-electron chi connectivity index (χ4n) is 2.24. The van der Waals surface area contributed by atoms with Gasteiger partial charge < -0.3 is 15.5 Å². The van der Waals surface area contributed by atoms with Gasteiger partial charge in [-0.2, -0.15) is 0 Å². The molecular formula is C14H22N4O. The monoisotopic (exact) mass is 262 g/mol. The molecule has 2 rings (SSSR count). The van der Waals surface area contributed by atoms with E-state index in [1.807, 2.05) is 19.1 Å². The average molecular weight is 262 g/mol. The maximum Gasteiger partial charge on any atom is 0.252 e. The Labute approximate surface area is 114 Å². The third-order valence-electron chi connectivity index (χ3n) is 3.43. The lowest BCUT2D eigenvalue weighted by molar-refractivity contribution is 0.0955. The minimum absolute atomic E-state index is 0.0687. The highest BCUT2D eigenvalue weighted by Gasteiger charge is 2.16. The third kappa shape index (κ3) is 3.92. The summed E-state index contributed by atoms with van der Waals surface area (Å²) in [5, 5.41) is 6.19. The second kappa shape index (κ2) is 6.52. The summed E-state index contributed by atoms with van der Waals surface area (Å²) in [7, 11) is 2.15. The summed E-state index contributed by atoms with van der Waals surface area (Å²) >= 11 is 0. The largest absolute Gasteiger partial charge is 0.367 e. The second-order valence-electron chi connectivity index (χ2n) is 5.01. The maximum absolute atomic E-state index is 11.6. The van der Waals surface area contributed by atoms with E-state index in [2.05, 4.69) is 27.6 Å². The molecule has 1 aromatic heterocycles. The lowest BCUT2D eigenvalue weighted by Crippen LogP contribution is -2.36. The third-order valence-corrected chi connectivity index (χ3v) is 3.43. The first-order valence-corrected chi connectivity index (χ1v) is 6.88. The molecule has 2 heterocycles. The molecular weight excluding hydrogens is 240 g/mol. The van der Waals surface area contributed by atoms with Crippen LogP contribution >= 0.6 is 0 Å². The van der Waals surface area contributed by atoms with Gasteiger partial charge in [0.25, 0.3) is 5.91 Å². The van der Waals surface area contributed by atoms with Crippen LogP contribution < -0.4 is 10.6 Å². The van der Waals surface area contributed by atoms with Crippen LogP contribution in [0.4, 0.5) is 5.82 Å². The minimum Gasteiger partial charge on any atom is -0.367 e. The van der Waals surface area contributed by atoms with Gasteiger partial charge in [0.15, 0.2) is 0 Å². The molecule has 0 atom stereocenters. The zero-order valence-electron chi connectivity index (χ0n) is 11.6. The number of likely N-dealkylation sites (tertiary alicyclic amines) is 1. The van der Waals surface area contributed by atoms with Crippen LogP contribution in [0.3, 0.4) is 0 Å². The van der Waals surface area contributed by atoms with Crippen molar-refractivity contribution in [2.24, 2.45) is 0 Å². The smallest absolute Gasteiger partial charge is 0.252 e. The van der Waals surface area contributed by atoms with Crippen molar-refractivity contribution in [1.29, 1.82) is 0 Å². The van der Waals surface area contributed by atoms with Crippen molar-refractivity contribution < 1.29 is 4.79 Å². The van der Waals surface area contributed by atoms with E-state index in [4.69, 9.17) is 0 Å². The Bertz CT molecular complexity index is 410. The standard InChI is InChI=1S/C14H22N4O/c1-3-15-14(19)11-4-5-13(16-10-11)17-12-6-8-18(2)9-7-12/h4-5,10,12H,3,6-9H2,1-2H3,(H,15,19)(H,16,17). The number of carbonyl (C=O) groups excluding carboxylic acids is 1. The van der Waals surface area contributed by atoms with Crippen LogP contribution in [0.25, 0.3) is 0 Å². The SMILES string of the molecule is CCNC(=O)c1ccc(NC2CCN(C)CC2)nc1. The Morgan fingerprint density at radius 2 is 2.16 bits per heavy atom. The molecule has 0 bridgehead atoms. The molecule has 5 heteroatoms. The van der Waals surface area contributed by atoms with Crippen molar-refractivity contribution in [3.63, 3.8) is 0 Å². The molecule has 0 unspecified atom stereocenters. The topological polar surface area (TPSA) is 57.3 Å². The Hall–Kier alpha value is -1.62. The first-order valence-electron chi connectivity index (χ1n) is 6.88. The molecule has 0 saturated carbocycles. The molecule has 104 valence electrons. The number of piperidine rings is 1. The highest BCUT2D eigenvalue weighted by Crippen LogP contribution is 2.14. The summed E-state index contributed by atoms with van der Waals surface area (Å²) < 4.78 is 0. The van der Waals surface area contributed by atoms with E-state index in [0.717, 1.165) is 31.7 Å². The molecule has 2 N–H and O–H groups in total. The van der Waals surface area contributed by atoms with Crippen LogP contribution in [0.15, 0.2) is 18.3 Å². The number of nitrogens with one attached hydrogen (secondary N) is 2. The normalized spacial score (nSPS) is 17.2. The number of hydrogen-bond acceptors (Lipinski definition) is 4. The molecule has 1 aliphatic rings. The highest BCUT2D eigenvalue weighted by atomic mass is 16.1. The van der Waals surface area contributed by atoms with E-state index >= 15 is 0 Å². The van der Waals surface area contributed by atoms with E-state index < -0.39 is 0 Å². The number of anilines is 1. The zero-order valence-corrected chi connectivity index (χ0v) is 11.6. The summed E-state index contributed by atoms with van der Waals surface area (Å²) in [4.78, 5) is 18.3. The van der Waals surface area contributed by atoms with Crippen molar-refractivity contribution in [3.8, 4) is 0 Å². The lowest BCUT2D eigenvalue weighted by atomic mass is 10.1. The minimum atomic E-state index is -0.0687. The summed E-state index contributed by atoms with van der Waals surface area (Å²) in [6.07, 6.45) is 3.90. The molecule has 0 aliphatic carbocycles. The lowest BCUT2D eigenvalue weighted by Gasteiger charge is -2.29. The molecule has 1 amide bonds. The summed E-state index contributed by atoms with van der Waals surface area (Å²) in [6, 6.07) is 4.18. The molecule has 1 fully saturated rings. The highest BCUT2D eigenvalue weighted by molar-refractivity contribution is 5.93. The Morgan fingerprint density at radius 1 is 1.42 bits per heavy atom. The quantitative estimate of drug-likeness (QED) is 0.859. The number of carbonyl (C=O) groups is 1. The van der Waals surface area contributed by atoms with E-state index in [1.54, 1.807) is 6.20 Å². The summed E-state index contributed by atoms with van der Waals surface area (Å²) in [6.45, 7) is 4.78. The van der Waals surface area contributed by atoms with Crippen LogP contribution in [0.1, 0.15) is 30.1 Å². The van der Waals surface area contributed by atoms with Gasteiger partial charge in [-0.1, -0.05) is 0 Å². The van der Waals surface area contributed by atoms with Gasteiger partial charge in [-0.05, 0) is 52.0 Å². The number of aromatic nitrogens is 1. The van der Waals surface area contributed by atoms with E-state index in [0.29, 0.717) is 18.2 Å². The van der Waals surface area contributed by atoms with Gasteiger partial charge >= 0.3 is 0 Å². The Balaban J connectivity index is 1.90. The van der Waals surface area contributed by atoms with Gasteiger partial charge in [-0.3, -0.25) is 4.79 Å². The first kappa shape index (κ1) is 13.8. The van der Waals surface area contributed by atoms with Crippen molar-refractivity contribution >= 4 is 11.7 Å². The van der Waals surface area contributed by atoms with Gasteiger partial charge in [0.1, 0.15) is 5.82 Å². The molecule has 1 aliphatic heterocycles.